The molecule has 218 valence electrons. The van der Waals surface area contributed by atoms with Gasteiger partial charge in [-0.25, -0.2) is 18.6 Å². The number of halogens is 5. The summed E-state index contributed by atoms with van der Waals surface area (Å²) in [6.45, 7) is 8.19. The molecule has 3 aromatic heterocycles. The van der Waals surface area contributed by atoms with E-state index in [1.54, 1.807) is 24.6 Å². The van der Waals surface area contributed by atoms with Crippen molar-refractivity contribution in [1.82, 2.24) is 24.4 Å². The predicted molar refractivity (Wildman–Crippen MR) is 141 cm³/mol. The van der Waals surface area contributed by atoms with Crippen molar-refractivity contribution in [2.45, 2.75) is 45.8 Å². The quantitative estimate of drug-likeness (QED) is 0.315. The average molecular weight is 578 g/mol. The van der Waals surface area contributed by atoms with Gasteiger partial charge < -0.3 is 15.0 Å². The molecule has 1 saturated heterocycles. The van der Waals surface area contributed by atoms with Gasteiger partial charge in [-0.1, -0.05) is 0 Å². The van der Waals surface area contributed by atoms with E-state index in [1.165, 1.54) is 12.1 Å². The lowest BCUT2D eigenvalue weighted by atomic mass is 10.00. The number of carbonyl (C=O) groups is 1. The average Bonchev–Trinajstić information content (AvgIpc) is 3.46. The van der Waals surface area contributed by atoms with E-state index < -0.39 is 41.4 Å². The molecule has 1 fully saturated rings. The van der Waals surface area contributed by atoms with Crippen LogP contribution in [0.3, 0.4) is 0 Å². The Kier molecular flexibility index (Phi) is 7.22. The van der Waals surface area contributed by atoms with Crippen molar-refractivity contribution < 1.29 is 31.5 Å². The number of pyridine rings is 1. The van der Waals surface area contributed by atoms with Crippen LogP contribution < -0.4 is 10.2 Å². The summed E-state index contributed by atoms with van der Waals surface area (Å²) < 4.78 is 76.7. The standard InChI is InChI=1S/C27H28F5N7O2/c1-15-9-20(28)21(35-25(40)19-12-33-39(23(19)29)26(3,4)14-27(30,31)32)11-18(15)17-10-22(37-5-7-41-8-6-37)24-34-16(2)36-38(24)13-17/h9-13H,5-8,14H2,1-4H3,(H,35,40). The van der Waals surface area contributed by atoms with Gasteiger partial charge in [0.15, 0.2) is 5.65 Å². The van der Waals surface area contributed by atoms with Gasteiger partial charge in [0.1, 0.15) is 17.2 Å². The van der Waals surface area contributed by atoms with Crippen molar-refractivity contribution in [3.63, 3.8) is 0 Å². The highest BCUT2D eigenvalue weighted by Gasteiger charge is 2.40. The second kappa shape index (κ2) is 10.4. The van der Waals surface area contributed by atoms with Crippen LogP contribution >= 0.6 is 0 Å². The molecule has 9 nitrogen and oxygen atoms in total. The molecule has 5 rings (SSSR count). The van der Waals surface area contributed by atoms with Crippen LogP contribution in [0.1, 0.15) is 42.0 Å². The number of alkyl halides is 3. The van der Waals surface area contributed by atoms with E-state index in [1.807, 2.05) is 6.07 Å². The number of fused-ring (bicyclic) bond motifs is 1. The number of benzene rings is 1. The Balaban J connectivity index is 1.49. The third kappa shape index (κ3) is 5.73. The first kappa shape index (κ1) is 28.5. The number of anilines is 2. The number of morpholine rings is 1. The highest BCUT2D eigenvalue weighted by molar-refractivity contribution is 6.04. The third-order valence-electron chi connectivity index (χ3n) is 6.91. The Morgan fingerprint density at radius 1 is 1.10 bits per heavy atom. The summed E-state index contributed by atoms with van der Waals surface area (Å²) >= 11 is 0. The fourth-order valence-corrected chi connectivity index (χ4v) is 5.00. The van der Waals surface area contributed by atoms with Gasteiger partial charge in [-0.05, 0) is 57.0 Å². The maximum atomic E-state index is 15.1. The summed E-state index contributed by atoms with van der Waals surface area (Å²) in [5.41, 5.74) is 0.644. The molecule has 0 spiro atoms. The lowest BCUT2D eigenvalue weighted by Crippen LogP contribution is -2.36. The number of rotatable bonds is 6. The Morgan fingerprint density at radius 2 is 1.80 bits per heavy atom. The van der Waals surface area contributed by atoms with Gasteiger partial charge in [-0.15, -0.1) is 0 Å². The molecule has 1 amide bonds. The fourth-order valence-electron chi connectivity index (χ4n) is 5.00. The van der Waals surface area contributed by atoms with E-state index in [0.29, 0.717) is 59.1 Å². The van der Waals surface area contributed by atoms with E-state index in [4.69, 9.17) is 4.74 Å². The number of nitrogens with one attached hydrogen (secondary N) is 1. The molecule has 1 aliphatic heterocycles. The van der Waals surface area contributed by atoms with Crippen LogP contribution in [-0.4, -0.2) is 62.8 Å². The fraction of sp³-hybridized carbons (Fsp3) is 0.407. The van der Waals surface area contributed by atoms with Gasteiger partial charge in [-0.2, -0.15) is 27.8 Å². The molecule has 1 aliphatic rings. The number of carbonyl (C=O) groups excluding carboxylic acids is 1. The zero-order valence-corrected chi connectivity index (χ0v) is 22.8. The van der Waals surface area contributed by atoms with Crippen molar-refractivity contribution in [2.75, 3.05) is 36.5 Å². The first-order valence-electron chi connectivity index (χ1n) is 12.9. The third-order valence-corrected chi connectivity index (χ3v) is 6.91. The first-order valence-corrected chi connectivity index (χ1v) is 12.9. The second-order valence-corrected chi connectivity index (χ2v) is 10.6. The van der Waals surface area contributed by atoms with Crippen LogP contribution in [0.5, 0.6) is 0 Å². The highest BCUT2D eigenvalue weighted by atomic mass is 19.4. The van der Waals surface area contributed by atoms with Gasteiger partial charge in [0.25, 0.3) is 5.91 Å². The minimum Gasteiger partial charge on any atom is -0.378 e. The van der Waals surface area contributed by atoms with E-state index in [0.717, 1.165) is 25.7 Å². The van der Waals surface area contributed by atoms with Crippen LogP contribution in [0.15, 0.2) is 30.6 Å². The molecule has 4 aromatic rings. The van der Waals surface area contributed by atoms with Crippen molar-refractivity contribution >= 4 is 22.9 Å². The van der Waals surface area contributed by atoms with Gasteiger partial charge in [0.2, 0.25) is 5.95 Å². The molecule has 4 heterocycles. The molecule has 41 heavy (non-hydrogen) atoms. The van der Waals surface area contributed by atoms with Crippen LogP contribution in [0.2, 0.25) is 0 Å². The minimum atomic E-state index is -4.58. The molecule has 0 atom stereocenters. The van der Waals surface area contributed by atoms with E-state index >= 15 is 8.78 Å². The second-order valence-electron chi connectivity index (χ2n) is 10.6. The molecule has 0 bridgehead atoms. The van der Waals surface area contributed by atoms with Crippen LogP contribution in [0, 0.1) is 25.6 Å². The molecule has 0 aliphatic carbocycles. The number of ether oxygens (including phenoxy) is 1. The lowest BCUT2D eigenvalue weighted by molar-refractivity contribution is -0.153. The molecule has 14 heteroatoms. The molecule has 0 unspecified atom stereocenters. The molecule has 0 saturated carbocycles. The summed E-state index contributed by atoms with van der Waals surface area (Å²) in [4.78, 5) is 19.6. The number of nitrogens with zero attached hydrogens (tertiary/aromatic N) is 6. The Morgan fingerprint density at radius 3 is 2.49 bits per heavy atom. The van der Waals surface area contributed by atoms with Crippen molar-refractivity contribution in [1.29, 1.82) is 0 Å². The molecule has 1 aromatic carbocycles. The van der Waals surface area contributed by atoms with Gasteiger partial charge in [0, 0.05) is 24.8 Å². The number of aryl methyl sites for hydroxylation is 2. The van der Waals surface area contributed by atoms with Gasteiger partial charge >= 0.3 is 6.18 Å². The number of aromatic nitrogens is 5. The Labute approximate surface area is 231 Å². The Hall–Kier alpha value is -4.07. The van der Waals surface area contributed by atoms with Crippen molar-refractivity contribution in [3.8, 4) is 11.1 Å². The zero-order chi connectivity index (χ0) is 29.7. The molecule has 0 radical (unpaired) electrons. The maximum Gasteiger partial charge on any atom is 0.391 e. The number of hydrogen-bond donors (Lipinski definition) is 1. The maximum absolute atomic E-state index is 15.1. The largest absolute Gasteiger partial charge is 0.391 e. The van der Waals surface area contributed by atoms with Crippen LogP contribution in [-0.2, 0) is 10.3 Å². The highest BCUT2D eigenvalue weighted by Crippen LogP contribution is 2.35. The number of amides is 1. The summed E-state index contributed by atoms with van der Waals surface area (Å²) in [6, 6.07) is 4.57. The van der Waals surface area contributed by atoms with Crippen LogP contribution in [0.4, 0.5) is 33.3 Å². The van der Waals surface area contributed by atoms with Gasteiger partial charge in [0.05, 0.1) is 42.7 Å². The summed E-state index contributed by atoms with van der Waals surface area (Å²) in [5, 5.41) is 10.5. The smallest absolute Gasteiger partial charge is 0.378 e. The lowest BCUT2D eigenvalue weighted by Gasteiger charge is -2.29. The predicted octanol–water partition coefficient (Wildman–Crippen LogP) is 5.26. The Bertz CT molecular complexity index is 1620. The summed E-state index contributed by atoms with van der Waals surface area (Å²) in [7, 11) is 0. The summed E-state index contributed by atoms with van der Waals surface area (Å²) in [5.74, 6) is -2.51. The summed E-state index contributed by atoms with van der Waals surface area (Å²) in [6.07, 6.45) is -3.37. The van der Waals surface area contributed by atoms with Crippen molar-refractivity contribution in [2.24, 2.45) is 0 Å². The molecule has 1 N–H and O–H groups in total. The monoisotopic (exact) mass is 577 g/mol. The zero-order valence-electron chi connectivity index (χ0n) is 22.8. The number of hydrogen-bond acceptors (Lipinski definition) is 6. The van der Waals surface area contributed by atoms with Crippen molar-refractivity contribution in [3.05, 3.63) is 59.3 Å². The van der Waals surface area contributed by atoms with E-state index in [2.05, 4.69) is 25.4 Å². The molecular formula is C27H28F5N7O2. The SMILES string of the molecule is Cc1nc2c(N3CCOCC3)cc(-c3cc(NC(=O)c4cnn(C(C)(C)CC(F)(F)F)c4F)c(F)cc3C)cn2n1. The van der Waals surface area contributed by atoms with Gasteiger partial charge in [-0.3, -0.25) is 4.79 Å². The van der Waals surface area contributed by atoms with E-state index in [-0.39, 0.29) is 5.69 Å². The minimum absolute atomic E-state index is 0.236. The normalized spacial score (nSPS) is 14.6. The van der Waals surface area contributed by atoms with E-state index in [9.17, 15) is 18.0 Å². The molecular weight excluding hydrogens is 549 g/mol. The van der Waals surface area contributed by atoms with Crippen LogP contribution in [0.25, 0.3) is 16.8 Å². The first-order chi connectivity index (χ1) is 19.2. The topological polar surface area (TPSA) is 89.6 Å².